The lowest BCUT2D eigenvalue weighted by molar-refractivity contribution is 0.548. The Balaban J connectivity index is 2.36. The highest BCUT2D eigenvalue weighted by atomic mass is 19.1. The molecule has 3 aromatic rings. The van der Waals surface area contributed by atoms with Crippen molar-refractivity contribution >= 4 is 10.9 Å². The van der Waals surface area contributed by atoms with Crippen LogP contribution in [0.5, 0.6) is 0 Å². The van der Waals surface area contributed by atoms with Gasteiger partial charge in [0.2, 0.25) is 0 Å². The van der Waals surface area contributed by atoms with Crippen molar-refractivity contribution in [2.24, 2.45) is 0 Å². The summed E-state index contributed by atoms with van der Waals surface area (Å²) in [6.45, 7) is 0. The molecule has 0 saturated heterocycles. The fourth-order valence-electron chi connectivity index (χ4n) is 2.10. The molecule has 1 aromatic heterocycles. The molecule has 0 unspecified atom stereocenters. The van der Waals surface area contributed by atoms with Crippen LogP contribution in [0.2, 0.25) is 0 Å². The number of hydrogen-bond acceptors (Lipinski definition) is 0. The van der Waals surface area contributed by atoms with Crippen LogP contribution in [-0.4, -0.2) is 4.98 Å². The van der Waals surface area contributed by atoms with Gasteiger partial charge in [-0.2, -0.15) is 0 Å². The van der Waals surface area contributed by atoms with Gasteiger partial charge in [0.1, 0.15) is 17.5 Å². The number of aromatic nitrogens is 1. The van der Waals surface area contributed by atoms with E-state index >= 15 is 0 Å². The van der Waals surface area contributed by atoms with E-state index in [4.69, 9.17) is 0 Å². The minimum absolute atomic E-state index is 0.207. The Kier molecular flexibility index (Phi) is 2.37. The molecule has 2 aromatic carbocycles. The molecule has 0 aliphatic carbocycles. The predicted molar refractivity (Wildman–Crippen MR) is 63.6 cm³/mol. The molecular formula is C14H8F3N. The van der Waals surface area contributed by atoms with Gasteiger partial charge >= 0.3 is 0 Å². The molecular weight excluding hydrogens is 239 g/mol. The van der Waals surface area contributed by atoms with Crippen molar-refractivity contribution in [3.8, 4) is 11.1 Å². The quantitative estimate of drug-likeness (QED) is 0.661. The minimum Gasteiger partial charge on any atom is -0.361 e. The lowest BCUT2D eigenvalue weighted by Gasteiger charge is -2.07. The van der Waals surface area contributed by atoms with Crippen molar-refractivity contribution in [3.63, 3.8) is 0 Å². The second-order valence-corrected chi connectivity index (χ2v) is 3.99. The molecule has 0 atom stereocenters. The molecule has 0 bridgehead atoms. The Bertz CT molecular complexity index is 708. The first-order chi connectivity index (χ1) is 8.66. The van der Waals surface area contributed by atoms with Gasteiger partial charge in [0.05, 0.1) is 5.56 Å². The Hall–Kier alpha value is -2.23. The van der Waals surface area contributed by atoms with Gasteiger partial charge in [-0.25, -0.2) is 13.2 Å². The van der Waals surface area contributed by atoms with Crippen LogP contribution in [0.1, 0.15) is 0 Å². The van der Waals surface area contributed by atoms with Crippen molar-refractivity contribution in [1.29, 1.82) is 0 Å². The van der Waals surface area contributed by atoms with E-state index < -0.39 is 17.5 Å². The van der Waals surface area contributed by atoms with Gasteiger partial charge in [0, 0.05) is 29.2 Å². The molecule has 4 heteroatoms. The van der Waals surface area contributed by atoms with E-state index in [0.717, 1.165) is 5.52 Å². The number of H-pyrrole nitrogens is 1. The maximum atomic E-state index is 13.7. The zero-order valence-corrected chi connectivity index (χ0v) is 9.18. The van der Waals surface area contributed by atoms with E-state index in [1.165, 1.54) is 0 Å². The molecule has 1 N–H and O–H groups in total. The van der Waals surface area contributed by atoms with Gasteiger partial charge in [-0.15, -0.1) is 0 Å². The number of rotatable bonds is 1. The van der Waals surface area contributed by atoms with Gasteiger partial charge in [-0.3, -0.25) is 0 Å². The van der Waals surface area contributed by atoms with Crippen molar-refractivity contribution in [2.45, 2.75) is 0 Å². The summed E-state index contributed by atoms with van der Waals surface area (Å²) < 4.78 is 40.4. The minimum atomic E-state index is -0.921. The SMILES string of the molecule is Fc1cc(F)c(-c2cccc3[nH]ccc23)c(F)c1. The van der Waals surface area contributed by atoms with Gasteiger partial charge in [-0.05, 0) is 17.7 Å². The second-order valence-electron chi connectivity index (χ2n) is 3.99. The molecule has 0 radical (unpaired) electrons. The number of nitrogens with one attached hydrogen (secondary N) is 1. The Morgan fingerprint density at radius 3 is 2.33 bits per heavy atom. The molecule has 1 nitrogen and oxygen atoms in total. The smallest absolute Gasteiger partial charge is 0.136 e. The first kappa shape index (κ1) is 10.9. The Labute approximate surface area is 101 Å². The van der Waals surface area contributed by atoms with E-state index in [1.807, 2.05) is 0 Å². The van der Waals surface area contributed by atoms with Gasteiger partial charge < -0.3 is 4.98 Å². The molecule has 0 spiro atoms. The molecule has 1 heterocycles. The van der Waals surface area contributed by atoms with Crippen molar-refractivity contribution in [1.82, 2.24) is 4.98 Å². The third-order valence-electron chi connectivity index (χ3n) is 2.87. The van der Waals surface area contributed by atoms with Crippen molar-refractivity contribution < 1.29 is 13.2 Å². The third-order valence-corrected chi connectivity index (χ3v) is 2.87. The summed E-state index contributed by atoms with van der Waals surface area (Å²) in [5, 5.41) is 0.696. The van der Waals surface area contributed by atoms with E-state index in [9.17, 15) is 13.2 Å². The largest absolute Gasteiger partial charge is 0.361 e. The summed E-state index contributed by atoms with van der Waals surface area (Å²) in [6.07, 6.45) is 1.69. The van der Waals surface area contributed by atoms with Crippen LogP contribution >= 0.6 is 0 Å². The number of fused-ring (bicyclic) bond motifs is 1. The first-order valence-electron chi connectivity index (χ1n) is 5.38. The number of aromatic amines is 1. The lowest BCUT2D eigenvalue weighted by atomic mass is 10.0. The highest BCUT2D eigenvalue weighted by molar-refractivity contribution is 5.95. The zero-order chi connectivity index (χ0) is 12.7. The van der Waals surface area contributed by atoms with Crippen LogP contribution in [0, 0.1) is 17.5 Å². The maximum Gasteiger partial charge on any atom is 0.136 e. The molecule has 3 rings (SSSR count). The Morgan fingerprint density at radius 2 is 1.61 bits per heavy atom. The molecule has 0 aliphatic heterocycles. The van der Waals surface area contributed by atoms with E-state index in [1.54, 1.807) is 30.5 Å². The van der Waals surface area contributed by atoms with Gasteiger partial charge in [0.15, 0.2) is 0 Å². The molecule has 0 fully saturated rings. The summed E-state index contributed by atoms with van der Waals surface area (Å²) in [5.41, 5.74) is 0.973. The van der Waals surface area contributed by atoms with Crippen LogP contribution in [0.25, 0.3) is 22.0 Å². The second kappa shape index (κ2) is 3.91. The molecule has 90 valence electrons. The summed E-state index contributed by atoms with van der Waals surface area (Å²) in [5.74, 6) is -2.72. The van der Waals surface area contributed by atoms with Crippen LogP contribution in [0.4, 0.5) is 13.2 Å². The van der Waals surface area contributed by atoms with E-state index in [2.05, 4.69) is 4.98 Å². The van der Waals surface area contributed by atoms with E-state index in [0.29, 0.717) is 23.1 Å². The average molecular weight is 247 g/mol. The normalized spacial score (nSPS) is 11.1. The number of hydrogen-bond donors (Lipinski definition) is 1. The molecule has 0 amide bonds. The number of halogens is 3. The van der Waals surface area contributed by atoms with Crippen LogP contribution in [-0.2, 0) is 0 Å². The summed E-state index contributed by atoms with van der Waals surface area (Å²) in [6, 6.07) is 8.20. The van der Waals surface area contributed by atoms with Gasteiger partial charge in [-0.1, -0.05) is 12.1 Å². The fraction of sp³-hybridized carbons (Fsp3) is 0. The Morgan fingerprint density at radius 1 is 0.889 bits per heavy atom. The topological polar surface area (TPSA) is 15.8 Å². The predicted octanol–water partition coefficient (Wildman–Crippen LogP) is 4.25. The molecule has 0 saturated carbocycles. The summed E-state index contributed by atoms with van der Waals surface area (Å²) in [4.78, 5) is 2.96. The highest BCUT2D eigenvalue weighted by Gasteiger charge is 2.15. The standard InChI is InChI=1S/C14H8F3N/c15-8-6-11(16)14(12(17)7-8)10-2-1-3-13-9(10)4-5-18-13/h1-7,18H. The molecule has 18 heavy (non-hydrogen) atoms. The van der Waals surface area contributed by atoms with Crippen molar-refractivity contribution in [2.75, 3.05) is 0 Å². The third kappa shape index (κ3) is 1.57. The van der Waals surface area contributed by atoms with Crippen molar-refractivity contribution in [3.05, 3.63) is 60.0 Å². The lowest BCUT2D eigenvalue weighted by Crippen LogP contribution is -1.92. The van der Waals surface area contributed by atoms with Gasteiger partial charge in [0.25, 0.3) is 0 Å². The maximum absolute atomic E-state index is 13.7. The fourth-order valence-corrected chi connectivity index (χ4v) is 2.10. The van der Waals surface area contributed by atoms with Crippen LogP contribution in [0.3, 0.4) is 0 Å². The zero-order valence-electron chi connectivity index (χ0n) is 9.18. The number of benzene rings is 2. The molecule has 0 aliphatic rings. The van der Waals surface area contributed by atoms with Crippen LogP contribution < -0.4 is 0 Å². The summed E-state index contributed by atoms with van der Waals surface area (Å²) in [7, 11) is 0. The first-order valence-corrected chi connectivity index (χ1v) is 5.38. The van der Waals surface area contributed by atoms with E-state index in [-0.39, 0.29) is 5.56 Å². The monoisotopic (exact) mass is 247 g/mol. The highest BCUT2D eigenvalue weighted by Crippen LogP contribution is 2.32. The van der Waals surface area contributed by atoms with Crippen LogP contribution in [0.15, 0.2) is 42.6 Å². The average Bonchev–Trinajstić information content (AvgIpc) is 2.76. The summed E-state index contributed by atoms with van der Waals surface area (Å²) >= 11 is 0.